The van der Waals surface area contributed by atoms with Gasteiger partial charge in [-0.05, 0) is 38.0 Å². The SMILES string of the molecule is COC(=O)c1c(NC(=O)C[n+]2cc(=O)o[nH]2)sc2c1CCN(C(=O)OC(C)(C)C)C2. The zero-order valence-corrected chi connectivity index (χ0v) is 17.9. The Morgan fingerprint density at radius 2 is 2.10 bits per heavy atom. The van der Waals surface area contributed by atoms with Crippen molar-refractivity contribution in [2.45, 2.75) is 45.9 Å². The van der Waals surface area contributed by atoms with Gasteiger partial charge in [0.25, 0.3) is 18.6 Å². The molecular formula is C18H23N4O7S+. The van der Waals surface area contributed by atoms with Gasteiger partial charge in [0.05, 0.1) is 19.2 Å². The van der Waals surface area contributed by atoms with Crippen LogP contribution < -0.4 is 15.6 Å². The van der Waals surface area contributed by atoms with Gasteiger partial charge >= 0.3 is 17.7 Å². The van der Waals surface area contributed by atoms with Crippen LogP contribution in [-0.4, -0.2) is 47.4 Å². The molecule has 2 amide bonds. The van der Waals surface area contributed by atoms with Crippen molar-refractivity contribution in [1.29, 1.82) is 0 Å². The fourth-order valence-electron chi connectivity index (χ4n) is 2.97. The number of anilines is 1. The van der Waals surface area contributed by atoms with Crippen molar-refractivity contribution in [1.82, 2.24) is 10.2 Å². The Balaban J connectivity index is 1.81. The molecule has 0 bridgehead atoms. The van der Waals surface area contributed by atoms with Gasteiger partial charge in [-0.25, -0.2) is 14.4 Å². The number of carbonyl (C=O) groups excluding carboxylic acids is 3. The quantitative estimate of drug-likeness (QED) is 0.537. The molecular weight excluding hydrogens is 416 g/mol. The first kappa shape index (κ1) is 21.6. The molecule has 0 saturated carbocycles. The lowest BCUT2D eigenvalue weighted by Crippen LogP contribution is -2.41. The smallest absolute Gasteiger partial charge is 0.426 e. The average molecular weight is 439 g/mol. The second-order valence-corrected chi connectivity index (χ2v) is 8.77. The second kappa shape index (κ2) is 8.30. The van der Waals surface area contributed by atoms with Crippen molar-refractivity contribution in [3.05, 3.63) is 32.6 Å². The summed E-state index contributed by atoms with van der Waals surface area (Å²) >= 11 is 1.20. The molecule has 30 heavy (non-hydrogen) atoms. The summed E-state index contributed by atoms with van der Waals surface area (Å²) in [5, 5.41) is 5.29. The summed E-state index contributed by atoms with van der Waals surface area (Å²) in [7, 11) is 1.26. The van der Waals surface area contributed by atoms with E-state index in [1.165, 1.54) is 23.1 Å². The predicted molar refractivity (Wildman–Crippen MR) is 104 cm³/mol. The van der Waals surface area contributed by atoms with Crippen LogP contribution in [0.25, 0.3) is 0 Å². The number of hydrogen-bond donors (Lipinski definition) is 2. The highest BCUT2D eigenvalue weighted by Gasteiger charge is 2.32. The van der Waals surface area contributed by atoms with Gasteiger partial charge in [0, 0.05) is 11.4 Å². The molecule has 0 aliphatic carbocycles. The van der Waals surface area contributed by atoms with Crippen LogP contribution in [-0.2, 0) is 33.8 Å². The molecule has 0 unspecified atom stereocenters. The van der Waals surface area contributed by atoms with Crippen molar-refractivity contribution >= 4 is 34.3 Å². The molecule has 1 aliphatic heterocycles. The van der Waals surface area contributed by atoms with Crippen molar-refractivity contribution < 1.29 is 33.1 Å². The lowest BCUT2D eigenvalue weighted by Gasteiger charge is -2.30. The minimum absolute atomic E-state index is 0.209. The minimum atomic E-state index is -0.619. The number of H-pyrrole nitrogens is 1. The summed E-state index contributed by atoms with van der Waals surface area (Å²) in [6, 6.07) is 0. The number of aromatic nitrogens is 2. The first-order chi connectivity index (χ1) is 14.1. The Hall–Kier alpha value is -3.15. The van der Waals surface area contributed by atoms with Crippen LogP contribution in [0.2, 0.25) is 0 Å². The number of amides is 2. The molecule has 0 saturated heterocycles. The van der Waals surface area contributed by atoms with Crippen molar-refractivity contribution in [2.75, 3.05) is 19.0 Å². The number of methoxy groups -OCH3 is 1. The fourth-order valence-corrected chi connectivity index (χ4v) is 4.24. The van der Waals surface area contributed by atoms with E-state index in [0.717, 1.165) is 16.6 Å². The maximum atomic E-state index is 12.4. The van der Waals surface area contributed by atoms with Crippen LogP contribution in [0.15, 0.2) is 15.5 Å². The molecule has 2 aromatic rings. The highest BCUT2D eigenvalue weighted by atomic mass is 32.1. The van der Waals surface area contributed by atoms with Crippen LogP contribution in [0, 0.1) is 0 Å². The first-order valence-corrected chi connectivity index (χ1v) is 9.97. The molecule has 162 valence electrons. The lowest BCUT2D eigenvalue weighted by atomic mass is 10.0. The van der Waals surface area contributed by atoms with E-state index in [-0.39, 0.29) is 18.7 Å². The summed E-state index contributed by atoms with van der Waals surface area (Å²) in [5.74, 6) is -1.04. The molecule has 0 aromatic carbocycles. The van der Waals surface area contributed by atoms with Gasteiger partial charge in [-0.2, -0.15) is 0 Å². The van der Waals surface area contributed by atoms with Gasteiger partial charge in [0.1, 0.15) is 10.6 Å². The van der Waals surface area contributed by atoms with E-state index < -0.39 is 29.2 Å². The molecule has 0 spiro atoms. The summed E-state index contributed by atoms with van der Waals surface area (Å²) < 4.78 is 16.0. The van der Waals surface area contributed by atoms with Crippen LogP contribution >= 0.6 is 11.3 Å². The number of nitrogens with one attached hydrogen (secondary N) is 2. The standard InChI is InChI=1S/C18H22N4O7S/c1-18(2,3)28-17(26)21-6-5-10-11(7-21)30-15(14(10)16(25)27-4)19-12(23)8-22-9-13(24)29-20-22/h9H,5-8H2,1-4H3,(H-,19,20,23,24,25)/p+1. The number of thiophene rings is 1. The molecule has 3 rings (SSSR count). The van der Waals surface area contributed by atoms with Gasteiger partial charge in [-0.15, -0.1) is 11.3 Å². The zero-order chi connectivity index (χ0) is 22.1. The van der Waals surface area contributed by atoms with Gasteiger partial charge < -0.3 is 19.7 Å². The van der Waals surface area contributed by atoms with Crippen LogP contribution in [0.3, 0.4) is 0 Å². The zero-order valence-electron chi connectivity index (χ0n) is 17.1. The third-order valence-electron chi connectivity index (χ3n) is 4.19. The third-order valence-corrected chi connectivity index (χ3v) is 5.32. The van der Waals surface area contributed by atoms with E-state index in [1.54, 1.807) is 25.7 Å². The Bertz CT molecular complexity index is 1030. The normalized spacial score (nSPS) is 13.5. The summed E-state index contributed by atoms with van der Waals surface area (Å²) in [4.78, 5) is 50.5. The van der Waals surface area contributed by atoms with Crippen molar-refractivity contribution in [3.8, 4) is 0 Å². The molecule has 0 radical (unpaired) electrons. The van der Waals surface area contributed by atoms with Crippen molar-refractivity contribution in [3.63, 3.8) is 0 Å². The van der Waals surface area contributed by atoms with E-state index in [0.29, 0.717) is 18.0 Å². The highest BCUT2D eigenvalue weighted by molar-refractivity contribution is 7.17. The number of carbonyl (C=O) groups is 3. The van der Waals surface area contributed by atoms with E-state index in [2.05, 4.69) is 15.1 Å². The monoisotopic (exact) mass is 439 g/mol. The second-order valence-electron chi connectivity index (χ2n) is 7.67. The first-order valence-electron chi connectivity index (χ1n) is 9.16. The van der Waals surface area contributed by atoms with Gasteiger partial charge in [-0.1, -0.05) is 4.68 Å². The minimum Gasteiger partial charge on any atom is -0.465 e. The molecule has 11 nitrogen and oxygen atoms in total. The lowest BCUT2D eigenvalue weighted by molar-refractivity contribution is -0.750. The maximum Gasteiger partial charge on any atom is 0.426 e. The summed E-state index contributed by atoms with van der Waals surface area (Å²) in [6.45, 7) is 5.80. The summed E-state index contributed by atoms with van der Waals surface area (Å²) in [5.41, 5.74) is -0.215. The number of nitrogens with zero attached hydrogens (tertiary/aromatic N) is 2. The Morgan fingerprint density at radius 3 is 2.70 bits per heavy atom. The van der Waals surface area contributed by atoms with E-state index in [1.807, 2.05) is 0 Å². The number of fused-ring (bicyclic) bond motifs is 1. The number of esters is 1. The number of rotatable bonds is 4. The average Bonchev–Trinajstić information content (AvgIpc) is 3.21. The fraction of sp³-hybridized carbons (Fsp3) is 0.500. The van der Waals surface area contributed by atoms with Crippen LogP contribution in [0.4, 0.5) is 9.80 Å². The number of hydrogen-bond acceptors (Lipinski definition) is 8. The molecule has 0 fully saturated rings. The predicted octanol–water partition coefficient (Wildman–Crippen LogP) is 1.04. The number of aromatic amines is 1. The van der Waals surface area contributed by atoms with E-state index in [4.69, 9.17) is 9.47 Å². The third kappa shape index (κ3) is 4.87. The largest absolute Gasteiger partial charge is 0.465 e. The van der Waals surface area contributed by atoms with Gasteiger partial charge in [0.2, 0.25) is 0 Å². The van der Waals surface area contributed by atoms with Gasteiger partial charge in [0.15, 0.2) is 0 Å². The molecule has 1 aliphatic rings. The Labute approximate surface area is 175 Å². The molecule has 2 aromatic heterocycles. The van der Waals surface area contributed by atoms with Crippen molar-refractivity contribution in [2.24, 2.45) is 0 Å². The highest BCUT2D eigenvalue weighted by Crippen LogP contribution is 2.38. The number of ether oxygens (including phenoxy) is 2. The molecule has 2 N–H and O–H groups in total. The van der Waals surface area contributed by atoms with Gasteiger partial charge in [-0.3, -0.25) is 9.32 Å². The Kier molecular flexibility index (Phi) is 5.97. The maximum absolute atomic E-state index is 12.4. The Morgan fingerprint density at radius 1 is 1.37 bits per heavy atom. The molecule has 0 atom stereocenters. The molecule has 3 heterocycles. The van der Waals surface area contributed by atoms with Crippen LogP contribution in [0.5, 0.6) is 0 Å². The topological polar surface area (TPSA) is 135 Å². The van der Waals surface area contributed by atoms with E-state index in [9.17, 15) is 19.2 Å². The molecule has 12 heteroatoms. The van der Waals surface area contributed by atoms with E-state index >= 15 is 0 Å². The van der Waals surface area contributed by atoms with Crippen LogP contribution in [0.1, 0.15) is 41.6 Å². The summed E-state index contributed by atoms with van der Waals surface area (Å²) in [6.07, 6.45) is 1.08.